The summed E-state index contributed by atoms with van der Waals surface area (Å²) >= 11 is 5.65. The van der Waals surface area contributed by atoms with Crippen molar-refractivity contribution in [3.63, 3.8) is 0 Å². The van der Waals surface area contributed by atoms with E-state index in [1.807, 2.05) is 0 Å². The molecule has 0 spiro atoms. The molecule has 1 saturated heterocycles. The van der Waals surface area contributed by atoms with Crippen molar-refractivity contribution in [1.82, 2.24) is 4.90 Å². The first-order valence-corrected chi connectivity index (χ1v) is 8.28. The van der Waals surface area contributed by atoms with E-state index in [1.54, 1.807) is 5.57 Å². The smallest absolute Gasteiger partial charge is 0.224 e. The predicted molar refractivity (Wildman–Crippen MR) is 86.4 cm³/mol. The molecular weight excluding hydrogens is 282 g/mol. The van der Waals surface area contributed by atoms with Gasteiger partial charge in [0.25, 0.3) is 0 Å². The number of benzene rings is 1. The number of nitrogens with zero attached hydrogens (tertiary/aromatic N) is 1. The van der Waals surface area contributed by atoms with Gasteiger partial charge in [-0.25, -0.2) is 0 Å². The van der Waals surface area contributed by atoms with Crippen LogP contribution in [0.15, 0.2) is 42.0 Å². The Morgan fingerprint density at radius 1 is 1.24 bits per heavy atom. The van der Waals surface area contributed by atoms with E-state index in [2.05, 4.69) is 41.3 Å². The van der Waals surface area contributed by atoms with E-state index in [-0.39, 0.29) is 11.2 Å². The Morgan fingerprint density at radius 3 is 2.43 bits per heavy atom. The average molecular weight is 304 g/mol. The van der Waals surface area contributed by atoms with Gasteiger partial charge in [0.05, 0.1) is 0 Å². The second-order valence-corrected chi connectivity index (χ2v) is 6.51. The number of allylic oxidation sites excluding steroid dienone is 1. The summed E-state index contributed by atoms with van der Waals surface area (Å²) in [7, 11) is 0. The normalized spacial score (nSPS) is 21.5. The molecule has 1 aliphatic heterocycles. The van der Waals surface area contributed by atoms with E-state index in [1.165, 1.54) is 18.4 Å². The van der Waals surface area contributed by atoms with Crippen molar-refractivity contribution in [3.8, 4) is 0 Å². The molecule has 3 rings (SSSR count). The van der Waals surface area contributed by atoms with E-state index >= 15 is 0 Å². The number of carbonyl (C=O) groups excluding carboxylic acids is 1. The van der Waals surface area contributed by atoms with Crippen molar-refractivity contribution in [2.24, 2.45) is 5.92 Å². The summed E-state index contributed by atoms with van der Waals surface area (Å²) in [5.74, 6) is 0.0654. The van der Waals surface area contributed by atoms with Gasteiger partial charge in [-0.05, 0) is 62.4 Å². The van der Waals surface area contributed by atoms with E-state index in [4.69, 9.17) is 11.6 Å². The molecule has 0 saturated carbocycles. The number of rotatable bonds is 5. The molecule has 21 heavy (non-hydrogen) atoms. The summed E-state index contributed by atoms with van der Waals surface area (Å²) in [5, 5.41) is -0.155. The molecule has 1 fully saturated rings. The molecule has 1 aromatic rings. The maximum Gasteiger partial charge on any atom is 0.224 e. The Hall–Kier alpha value is -1.12. The van der Waals surface area contributed by atoms with E-state index in [9.17, 15) is 4.79 Å². The molecular formula is C18H22ClNO. The van der Waals surface area contributed by atoms with Crippen LogP contribution in [0.3, 0.4) is 0 Å². The van der Waals surface area contributed by atoms with Crippen molar-refractivity contribution in [2.45, 2.75) is 38.1 Å². The van der Waals surface area contributed by atoms with Crippen LogP contribution in [0, 0.1) is 5.92 Å². The molecule has 112 valence electrons. The molecule has 0 aromatic heterocycles. The van der Waals surface area contributed by atoms with E-state index in [0.717, 1.165) is 32.4 Å². The zero-order valence-electron chi connectivity index (χ0n) is 12.3. The average Bonchev–Trinajstić information content (AvgIpc) is 2.46. The molecule has 1 atom stereocenters. The number of piperidine rings is 1. The lowest BCUT2D eigenvalue weighted by Gasteiger charge is -2.40. The first kappa shape index (κ1) is 14.8. The van der Waals surface area contributed by atoms with Crippen LogP contribution in [0.25, 0.3) is 0 Å². The molecule has 1 aliphatic carbocycles. The maximum absolute atomic E-state index is 11.3. The van der Waals surface area contributed by atoms with Crippen molar-refractivity contribution in [2.75, 3.05) is 13.1 Å². The van der Waals surface area contributed by atoms with Crippen LogP contribution in [-0.4, -0.2) is 29.3 Å². The van der Waals surface area contributed by atoms with Gasteiger partial charge in [0.1, 0.15) is 0 Å². The van der Waals surface area contributed by atoms with Crippen LogP contribution in [0.2, 0.25) is 0 Å². The van der Waals surface area contributed by atoms with Crippen LogP contribution < -0.4 is 0 Å². The summed E-state index contributed by atoms with van der Waals surface area (Å²) in [6, 6.07) is 11.2. The lowest BCUT2D eigenvalue weighted by molar-refractivity contribution is -0.116. The number of hydrogen-bond donors (Lipinski definition) is 0. The molecule has 0 radical (unpaired) electrons. The topological polar surface area (TPSA) is 20.3 Å². The SMILES string of the molecule is O=C(Cl)C1CCN(C(Cc2ccccc2)C2=CCC2)CC1. The zero-order valence-corrected chi connectivity index (χ0v) is 13.1. The fourth-order valence-electron chi connectivity index (χ4n) is 3.38. The third-order valence-corrected chi connectivity index (χ3v) is 5.14. The van der Waals surface area contributed by atoms with E-state index < -0.39 is 0 Å². The molecule has 3 heteroatoms. The van der Waals surface area contributed by atoms with Crippen LogP contribution in [0.4, 0.5) is 0 Å². The van der Waals surface area contributed by atoms with Gasteiger partial charge in [-0.2, -0.15) is 0 Å². The van der Waals surface area contributed by atoms with Gasteiger partial charge < -0.3 is 0 Å². The Bertz CT molecular complexity index is 517. The van der Waals surface area contributed by atoms with Gasteiger partial charge >= 0.3 is 0 Å². The summed E-state index contributed by atoms with van der Waals surface area (Å²) in [4.78, 5) is 13.9. The first-order chi connectivity index (χ1) is 10.2. The zero-order chi connectivity index (χ0) is 14.7. The minimum Gasteiger partial charge on any atom is -0.296 e. The third kappa shape index (κ3) is 3.56. The van der Waals surface area contributed by atoms with E-state index in [0.29, 0.717) is 6.04 Å². The van der Waals surface area contributed by atoms with Crippen molar-refractivity contribution in [1.29, 1.82) is 0 Å². The molecule has 0 bridgehead atoms. The summed E-state index contributed by atoms with van der Waals surface area (Å²) in [6.45, 7) is 1.97. The Kier molecular flexibility index (Phi) is 4.77. The molecule has 1 aromatic carbocycles. The lowest BCUT2D eigenvalue weighted by Crippen LogP contribution is -2.45. The number of likely N-dealkylation sites (tertiary alicyclic amines) is 1. The van der Waals surface area contributed by atoms with Gasteiger partial charge in [0, 0.05) is 12.0 Å². The second kappa shape index (κ2) is 6.76. The Morgan fingerprint density at radius 2 is 1.90 bits per heavy atom. The molecule has 0 amide bonds. The van der Waals surface area contributed by atoms with Gasteiger partial charge in [0.15, 0.2) is 0 Å². The monoisotopic (exact) mass is 303 g/mol. The standard InChI is InChI=1S/C18H22ClNO/c19-18(21)16-9-11-20(12-10-16)17(15-7-4-8-15)13-14-5-2-1-3-6-14/h1-3,5-7,16-17H,4,8-13H2. The highest BCUT2D eigenvalue weighted by Gasteiger charge is 2.30. The van der Waals surface area contributed by atoms with Gasteiger partial charge in [-0.15, -0.1) is 0 Å². The Labute approximate surface area is 131 Å². The van der Waals surface area contributed by atoms with Crippen molar-refractivity contribution < 1.29 is 4.79 Å². The third-order valence-electron chi connectivity index (χ3n) is 4.83. The molecule has 1 unspecified atom stereocenters. The van der Waals surface area contributed by atoms with Crippen LogP contribution >= 0.6 is 11.6 Å². The maximum atomic E-state index is 11.3. The number of halogens is 1. The fraction of sp³-hybridized carbons (Fsp3) is 0.500. The highest BCUT2D eigenvalue weighted by Crippen LogP contribution is 2.31. The molecule has 0 N–H and O–H groups in total. The molecule has 2 nitrogen and oxygen atoms in total. The lowest BCUT2D eigenvalue weighted by atomic mass is 9.85. The largest absolute Gasteiger partial charge is 0.296 e. The second-order valence-electron chi connectivity index (χ2n) is 6.14. The highest BCUT2D eigenvalue weighted by atomic mass is 35.5. The number of hydrogen-bond acceptors (Lipinski definition) is 2. The minimum atomic E-state index is -0.155. The quantitative estimate of drug-likeness (QED) is 0.609. The Balaban J connectivity index is 1.68. The van der Waals surface area contributed by atoms with Crippen molar-refractivity contribution >= 4 is 16.8 Å². The summed E-state index contributed by atoms with van der Waals surface area (Å²) in [5.41, 5.74) is 2.97. The fourth-order valence-corrected chi connectivity index (χ4v) is 3.60. The number of carbonyl (C=O) groups is 1. The predicted octanol–water partition coefficient (Wildman–Crippen LogP) is 3.80. The van der Waals surface area contributed by atoms with Crippen LogP contribution in [-0.2, 0) is 11.2 Å². The van der Waals surface area contributed by atoms with Crippen LogP contribution in [0.5, 0.6) is 0 Å². The highest BCUT2D eigenvalue weighted by molar-refractivity contribution is 6.63. The van der Waals surface area contributed by atoms with Crippen molar-refractivity contribution in [3.05, 3.63) is 47.5 Å². The summed E-state index contributed by atoms with van der Waals surface area (Å²) < 4.78 is 0. The van der Waals surface area contributed by atoms with Gasteiger partial charge in [-0.1, -0.05) is 42.0 Å². The minimum absolute atomic E-state index is 0.0654. The molecule has 2 aliphatic rings. The first-order valence-electron chi connectivity index (χ1n) is 7.90. The van der Waals surface area contributed by atoms with Gasteiger partial charge in [0.2, 0.25) is 5.24 Å². The van der Waals surface area contributed by atoms with Crippen LogP contribution in [0.1, 0.15) is 31.2 Å². The molecule has 1 heterocycles. The summed E-state index contributed by atoms with van der Waals surface area (Å²) in [6.07, 6.45) is 7.71. The van der Waals surface area contributed by atoms with Gasteiger partial charge in [-0.3, -0.25) is 9.69 Å².